The standard InChI is InChI=1S/C20H21N3O2S/c1-4-25-17-11-9-16(10-12-17)23-19(24)18(21-20(23)26)13-14-5-7-15(8-6-14)22(2)3/h5-13H,4H2,1-3H3,(H,21,26)/b18-13+. The highest BCUT2D eigenvalue weighted by molar-refractivity contribution is 7.80. The highest BCUT2D eigenvalue weighted by Gasteiger charge is 2.31. The number of ether oxygens (including phenoxy) is 1. The molecule has 0 saturated carbocycles. The van der Waals surface area contributed by atoms with E-state index in [1.807, 2.05) is 80.5 Å². The van der Waals surface area contributed by atoms with Crippen molar-refractivity contribution in [2.24, 2.45) is 0 Å². The zero-order chi connectivity index (χ0) is 18.7. The maximum Gasteiger partial charge on any atom is 0.281 e. The molecular weight excluding hydrogens is 346 g/mol. The Bertz CT molecular complexity index is 842. The van der Waals surface area contributed by atoms with Crippen molar-refractivity contribution in [2.45, 2.75) is 6.92 Å². The van der Waals surface area contributed by atoms with Crippen LogP contribution in [0.5, 0.6) is 5.75 Å². The van der Waals surface area contributed by atoms with Crippen LogP contribution in [0.15, 0.2) is 54.2 Å². The second kappa shape index (κ2) is 7.58. The molecule has 1 aliphatic heterocycles. The molecule has 3 rings (SSSR count). The summed E-state index contributed by atoms with van der Waals surface area (Å²) in [5.41, 5.74) is 3.20. The van der Waals surface area contributed by atoms with Crippen molar-refractivity contribution in [1.29, 1.82) is 0 Å². The number of rotatable bonds is 5. The summed E-state index contributed by atoms with van der Waals surface area (Å²) in [6.07, 6.45) is 1.81. The monoisotopic (exact) mass is 367 g/mol. The van der Waals surface area contributed by atoms with E-state index in [0.717, 1.165) is 17.0 Å². The highest BCUT2D eigenvalue weighted by atomic mass is 32.1. The van der Waals surface area contributed by atoms with Gasteiger partial charge in [-0.25, -0.2) is 0 Å². The molecule has 1 aliphatic rings. The Morgan fingerprint density at radius 1 is 1.12 bits per heavy atom. The van der Waals surface area contributed by atoms with Crippen LogP contribution in [0.25, 0.3) is 6.08 Å². The molecule has 1 heterocycles. The average Bonchev–Trinajstić information content (AvgIpc) is 2.90. The maximum atomic E-state index is 12.8. The van der Waals surface area contributed by atoms with Gasteiger partial charge in [0.15, 0.2) is 5.11 Å². The fraction of sp³-hybridized carbons (Fsp3) is 0.200. The molecule has 2 aromatic rings. The van der Waals surface area contributed by atoms with Crippen molar-refractivity contribution < 1.29 is 9.53 Å². The Morgan fingerprint density at radius 3 is 2.35 bits per heavy atom. The SMILES string of the molecule is CCOc1ccc(N2C(=O)/C(=C\c3ccc(N(C)C)cc3)NC2=S)cc1. The fourth-order valence-corrected chi connectivity index (χ4v) is 2.96. The molecule has 1 fully saturated rings. The van der Waals surface area contributed by atoms with E-state index in [2.05, 4.69) is 5.32 Å². The van der Waals surface area contributed by atoms with Gasteiger partial charge < -0.3 is 15.0 Å². The first kappa shape index (κ1) is 17.9. The van der Waals surface area contributed by atoms with E-state index in [0.29, 0.717) is 23.1 Å². The summed E-state index contributed by atoms with van der Waals surface area (Å²) in [6, 6.07) is 15.3. The predicted octanol–water partition coefficient (Wildman–Crippen LogP) is 3.41. The second-order valence-electron chi connectivity index (χ2n) is 6.04. The number of thiocarbonyl (C=S) groups is 1. The summed E-state index contributed by atoms with van der Waals surface area (Å²) in [5, 5.41) is 3.38. The molecule has 0 atom stereocenters. The number of benzene rings is 2. The lowest BCUT2D eigenvalue weighted by molar-refractivity contribution is -0.113. The van der Waals surface area contributed by atoms with Gasteiger partial charge in [-0.1, -0.05) is 12.1 Å². The summed E-state index contributed by atoms with van der Waals surface area (Å²) < 4.78 is 5.44. The molecule has 0 bridgehead atoms. The topological polar surface area (TPSA) is 44.8 Å². The lowest BCUT2D eigenvalue weighted by Crippen LogP contribution is -2.30. The van der Waals surface area contributed by atoms with Gasteiger partial charge in [0.2, 0.25) is 0 Å². The predicted molar refractivity (Wildman–Crippen MR) is 110 cm³/mol. The molecule has 1 N–H and O–H groups in total. The van der Waals surface area contributed by atoms with Gasteiger partial charge in [0.05, 0.1) is 12.3 Å². The van der Waals surface area contributed by atoms with Crippen LogP contribution >= 0.6 is 12.2 Å². The van der Waals surface area contributed by atoms with Crippen LogP contribution in [0.1, 0.15) is 12.5 Å². The Balaban J connectivity index is 1.81. The van der Waals surface area contributed by atoms with E-state index in [-0.39, 0.29) is 5.91 Å². The average molecular weight is 367 g/mol. The Kier molecular flexibility index (Phi) is 5.23. The lowest BCUT2D eigenvalue weighted by atomic mass is 10.1. The number of anilines is 2. The van der Waals surface area contributed by atoms with Gasteiger partial charge >= 0.3 is 0 Å². The Labute approximate surface area is 158 Å². The van der Waals surface area contributed by atoms with E-state index < -0.39 is 0 Å². The van der Waals surface area contributed by atoms with Crippen LogP contribution in [0, 0.1) is 0 Å². The number of carbonyl (C=O) groups excluding carboxylic acids is 1. The van der Waals surface area contributed by atoms with Gasteiger partial charge in [0, 0.05) is 19.8 Å². The van der Waals surface area contributed by atoms with Crippen molar-refractivity contribution in [3.05, 3.63) is 59.8 Å². The Hall–Kier alpha value is -2.86. The molecular formula is C20H21N3O2S. The van der Waals surface area contributed by atoms with E-state index in [4.69, 9.17) is 17.0 Å². The molecule has 6 heteroatoms. The molecule has 134 valence electrons. The van der Waals surface area contributed by atoms with E-state index in [9.17, 15) is 4.79 Å². The van der Waals surface area contributed by atoms with Crippen molar-refractivity contribution in [2.75, 3.05) is 30.5 Å². The van der Waals surface area contributed by atoms with Gasteiger partial charge in [-0.2, -0.15) is 0 Å². The smallest absolute Gasteiger partial charge is 0.281 e. The van der Waals surface area contributed by atoms with Crippen molar-refractivity contribution in [3.63, 3.8) is 0 Å². The first-order valence-corrected chi connectivity index (χ1v) is 8.78. The van der Waals surface area contributed by atoms with E-state index in [1.165, 1.54) is 4.90 Å². The van der Waals surface area contributed by atoms with Crippen molar-refractivity contribution in [3.8, 4) is 5.75 Å². The summed E-state index contributed by atoms with van der Waals surface area (Å²) in [4.78, 5) is 16.3. The van der Waals surface area contributed by atoms with Crippen molar-refractivity contribution >= 4 is 40.7 Å². The minimum absolute atomic E-state index is 0.171. The first-order valence-electron chi connectivity index (χ1n) is 8.37. The van der Waals surface area contributed by atoms with Gasteiger partial charge in [0.1, 0.15) is 11.4 Å². The number of hydrogen-bond donors (Lipinski definition) is 1. The van der Waals surface area contributed by atoms with Crippen LogP contribution < -0.4 is 19.9 Å². The van der Waals surface area contributed by atoms with Gasteiger partial charge in [0.25, 0.3) is 5.91 Å². The number of nitrogens with zero attached hydrogens (tertiary/aromatic N) is 2. The Morgan fingerprint density at radius 2 is 1.77 bits per heavy atom. The van der Waals surface area contributed by atoms with Gasteiger partial charge in [-0.15, -0.1) is 0 Å². The zero-order valence-corrected chi connectivity index (χ0v) is 15.8. The summed E-state index contributed by atoms with van der Waals surface area (Å²) in [7, 11) is 3.98. The summed E-state index contributed by atoms with van der Waals surface area (Å²) in [5.74, 6) is 0.592. The largest absolute Gasteiger partial charge is 0.494 e. The van der Waals surface area contributed by atoms with Gasteiger partial charge in [-0.3, -0.25) is 9.69 Å². The summed E-state index contributed by atoms with van der Waals surface area (Å²) >= 11 is 5.35. The molecule has 1 amide bonds. The van der Waals surface area contributed by atoms with Gasteiger partial charge in [-0.05, 0) is 67.2 Å². The molecule has 5 nitrogen and oxygen atoms in total. The third-order valence-corrected chi connectivity index (χ3v) is 4.29. The maximum absolute atomic E-state index is 12.8. The lowest BCUT2D eigenvalue weighted by Gasteiger charge is -2.14. The number of hydrogen-bond acceptors (Lipinski definition) is 4. The molecule has 0 aromatic heterocycles. The highest BCUT2D eigenvalue weighted by Crippen LogP contribution is 2.25. The molecule has 0 unspecified atom stereocenters. The minimum Gasteiger partial charge on any atom is -0.494 e. The third kappa shape index (κ3) is 3.70. The molecule has 0 aliphatic carbocycles. The van der Waals surface area contributed by atoms with Crippen LogP contribution in [-0.2, 0) is 4.79 Å². The quantitative estimate of drug-likeness (QED) is 0.648. The first-order chi connectivity index (χ1) is 12.5. The molecule has 1 saturated heterocycles. The fourth-order valence-electron chi connectivity index (χ4n) is 2.66. The van der Waals surface area contributed by atoms with E-state index in [1.54, 1.807) is 0 Å². The molecule has 2 aromatic carbocycles. The zero-order valence-electron chi connectivity index (χ0n) is 15.0. The second-order valence-corrected chi connectivity index (χ2v) is 6.43. The number of carbonyl (C=O) groups is 1. The third-order valence-electron chi connectivity index (χ3n) is 4.00. The molecule has 0 spiro atoms. The van der Waals surface area contributed by atoms with Crippen LogP contribution in [0.2, 0.25) is 0 Å². The van der Waals surface area contributed by atoms with Crippen LogP contribution in [0.4, 0.5) is 11.4 Å². The molecule has 0 radical (unpaired) electrons. The van der Waals surface area contributed by atoms with Crippen LogP contribution in [0.3, 0.4) is 0 Å². The van der Waals surface area contributed by atoms with Crippen molar-refractivity contribution in [1.82, 2.24) is 5.32 Å². The normalized spacial score (nSPS) is 15.3. The number of amides is 1. The summed E-state index contributed by atoms with van der Waals surface area (Å²) in [6.45, 7) is 2.53. The molecule has 26 heavy (non-hydrogen) atoms. The minimum atomic E-state index is -0.171. The van der Waals surface area contributed by atoms with Crippen LogP contribution in [-0.4, -0.2) is 31.7 Å². The van der Waals surface area contributed by atoms with E-state index >= 15 is 0 Å². The number of nitrogens with one attached hydrogen (secondary N) is 1.